The minimum atomic E-state index is 0.991. The molecule has 1 heterocycles. The molecule has 0 atom stereocenters. The summed E-state index contributed by atoms with van der Waals surface area (Å²) in [5.41, 5.74) is 3.46. The maximum Gasteiger partial charge on any atom is 0.0867 e. The van der Waals surface area contributed by atoms with E-state index in [1.807, 2.05) is 18.3 Å². The number of pyridine rings is 1. The molecule has 0 unspecified atom stereocenters. The van der Waals surface area contributed by atoms with Gasteiger partial charge in [0, 0.05) is 28.3 Å². The molecule has 2 rings (SSSR count). The largest absolute Gasteiger partial charge is 0.384 e. The fourth-order valence-electron chi connectivity index (χ4n) is 1.81. The second-order valence-electron chi connectivity index (χ2n) is 3.87. The number of benzene rings is 1. The molecular weight excluding hydrogens is 264 g/mol. The van der Waals surface area contributed by atoms with Gasteiger partial charge in [0.15, 0.2) is 0 Å². The monoisotopic (exact) mass is 278 g/mol. The van der Waals surface area contributed by atoms with Crippen molar-refractivity contribution < 1.29 is 0 Å². The summed E-state index contributed by atoms with van der Waals surface area (Å²) in [4.78, 5) is 4.42. The van der Waals surface area contributed by atoms with Gasteiger partial charge in [0.25, 0.3) is 0 Å². The zero-order valence-corrected chi connectivity index (χ0v) is 11.1. The van der Waals surface area contributed by atoms with Crippen molar-refractivity contribution >= 4 is 32.5 Å². The number of nitrogens with zero attached hydrogens (tertiary/aromatic N) is 1. The lowest BCUT2D eigenvalue weighted by atomic mass is 10.1. The van der Waals surface area contributed by atoms with Gasteiger partial charge in [-0.25, -0.2) is 0 Å². The predicted molar refractivity (Wildman–Crippen MR) is 73.0 cm³/mol. The molecule has 0 amide bonds. The van der Waals surface area contributed by atoms with Gasteiger partial charge in [0.1, 0.15) is 0 Å². The number of hydrogen-bond donors (Lipinski definition) is 1. The van der Waals surface area contributed by atoms with E-state index in [9.17, 15) is 0 Å². The van der Waals surface area contributed by atoms with Crippen molar-refractivity contribution in [3.8, 4) is 0 Å². The van der Waals surface area contributed by atoms with Crippen LogP contribution < -0.4 is 5.32 Å². The first-order valence-electron chi connectivity index (χ1n) is 5.51. The number of aromatic nitrogens is 1. The van der Waals surface area contributed by atoms with Crippen LogP contribution in [0.15, 0.2) is 28.9 Å². The van der Waals surface area contributed by atoms with Crippen LogP contribution in [-0.2, 0) is 0 Å². The Balaban J connectivity index is 2.61. The molecule has 2 aromatic rings. The first-order valence-corrected chi connectivity index (χ1v) is 6.31. The topological polar surface area (TPSA) is 24.9 Å². The lowest BCUT2D eigenvalue weighted by molar-refractivity contribution is 0.981. The second kappa shape index (κ2) is 4.83. The Kier molecular flexibility index (Phi) is 3.44. The van der Waals surface area contributed by atoms with Crippen LogP contribution in [0.25, 0.3) is 10.9 Å². The van der Waals surface area contributed by atoms with Crippen LogP contribution in [-0.4, -0.2) is 11.5 Å². The van der Waals surface area contributed by atoms with Crippen molar-refractivity contribution in [1.82, 2.24) is 4.98 Å². The summed E-state index contributed by atoms with van der Waals surface area (Å²) in [6, 6.07) is 6.21. The predicted octanol–water partition coefficient (Wildman–Crippen LogP) is 4.13. The molecule has 2 nitrogen and oxygen atoms in total. The molecule has 0 aliphatic rings. The third-order valence-corrected chi connectivity index (χ3v) is 3.26. The Morgan fingerprint density at radius 3 is 2.88 bits per heavy atom. The third-order valence-electron chi connectivity index (χ3n) is 2.62. The van der Waals surface area contributed by atoms with Gasteiger partial charge in [-0.05, 0) is 47.0 Å². The molecule has 1 N–H and O–H groups in total. The Hall–Kier alpha value is -1.09. The van der Waals surface area contributed by atoms with Crippen molar-refractivity contribution in [1.29, 1.82) is 0 Å². The quantitative estimate of drug-likeness (QED) is 0.913. The van der Waals surface area contributed by atoms with Crippen molar-refractivity contribution in [2.45, 2.75) is 20.3 Å². The highest BCUT2D eigenvalue weighted by Gasteiger charge is 2.07. The van der Waals surface area contributed by atoms with Gasteiger partial charge < -0.3 is 5.32 Å². The minimum Gasteiger partial charge on any atom is -0.384 e. The number of hydrogen-bond acceptors (Lipinski definition) is 2. The number of nitrogens with one attached hydrogen (secondary N) is 1. The van der Waals surface area contributed by atoms with E-state index >= 15 is 0 Å². The van der Waals surface area contributed by atoms with E-state index < -0.39 is 0 Å². The summed E-state index contributed by atoms with van der Waals surface area (Å²) in [5.74, 6) is 0. The van der Waals surface area contributed by atoms with E-state index in [1.165, 1.54) is 16.6 Å². The van der Waals surface area contributed by atoms with Crippen molar-refractivity contribution in [3.63, 3.8) is 0 Å². The molecule has 0 fully saturated rings. The second-order valence-corrected chi connectivity index (χ2v) is 4.73. The van der Waals surface area contributed by atoms with Gasteiger partial charge in [-0.3, -0.25) is 4.98 Å². The molecule has 0 saturated heterocycles. The van der Waals surface area contributed by atoms with E-state index in [0.29, 0.717) is 0 Å². The third kappa shape index (κ3) is 2.05. The molecular formula is C13H15BrN2. The normalized spacial score (nSPS) is 10.7. The zero-order valence-electron chi connectivity index (χ0n) is 9.55. The molecule has 0 aliphatic heterocycles. The summed E-state index contributed by atoms with van der Waals surface area (Å²) in [6.07, 6.45) is 2.97. The molecule has 0 radical (unpaired) electrons. The molecule has 16 heavy (non-hydrogen) atoms. The molecule has 0 spiro atoms. The average molecular weight is 279 g/mol. The molecule has 3 heteroatoms. The highest BCUT2D eigenvalue weighted by atomic mass is 79.9. The minimum absolute atomic E-state index is 0.991. The average Bonchev–Trinajstić information content (AvgIpc) is 2.31. The van der Waals surface area contributed by atoms with Crippen LogP contribution in [0.4, 0.5) is 5.69 Å². The smallest absolute Gasteiger partial charge is 0.0867 e. The molecule has 0 bridgehead atoms. The standard InChI is InChI=1S/C13H15BrN2/c1-3-7-15-11-6-8-16-13-10(14)5-4-9(2)12(11)13/h4-6,8H,3,7H2,1-2H3,(H,15,16). The Bertz CT molecular complexity index is 509. The summed E-state index contributed by atoms with van der Waals surface area (Å²) < 4.78 is 1.05. The maximum atomic E-state index is 4.42. The van der Waals surface area contributed by atoms with Crippen LogP contribution in [0.2, 0.25) is 0 Å². The van der Waals surface area contributed by atoms with Gasteiger partial charge in [-0.2, -0.15) is 0 Å². The molecule has 84 valence electrons. The van der Waals surface area contributed by atoms with Gasteiger partial charge in [-0.15, -0.1) is 0 Å². The fraction of sp³-hybridized carbons (Fsp3) is 0.308. The van der Waals surface area contributed by atoms with Crippen molar-refractivity contribution in [2.75, 3.05) is 11.9 Å². The van der Waals surface area contributed by atoms with Gasteiger partial charge in [0.2, 0.25) is 0 Å². The molecule has 0 saturated carbocycles. The fourth-order valence-corrected chi connectivity index (χ4v) is 2.24. The lowest BCUT2D eigenvalue weighted by Crippen LogP contribution is -2.01. The maximum absolute atomic E-state index is 4.42. The number of fused-ring (bicyclic) bond motifs is 1. The van der Waals surface area contributed by atoms with Crippen LogP contribution in [0, 0.1) is 6.92 Å². The molecule has 1 aromatic carbocycles. The number of rotatable bonds is 3. The van der Waals surface area contributed by atoms with Crippen LogP contribution >= 0.6 is 15.9 Å². The number of halogens is 1. The van der Waals surface area contributed by atoms with E-state index in [4.69, 9.17) is 0 Å². The Labute approximate surface area is 104 Å². The van der Waals surface area contributed by atoms with Crippen molar-refractivity contribution in [2.24, 2.45) is 0 Å². The van der Waals surface area contributed by atoms with Gasteiger partial charge >= 0.3 is 0 Å². The summed E-state index contributed by atoms with van der Waals surface area (Å²) in [6.45, 7) is 5.28. The highest BCUT2D eigenvalue weighted by molar-refractivity contribution is 9.10. The SMILES string of the molecule is CCCNc1ccnc2c(Br)ccc(C)c12. The van der Waals surface area contributed by atoms with Crippen LogP contribution in [0.1, 0.15) is 18.9 Å². The first kappa shape index (κ1) is 11.4. The van der Waals surface area contributed by atoms with E-state index in [-0.39, 0.29) is 0 Å². The zero-order chi connectivity index (χ0) is 11.5. The molecule has 1 aromatic heterocycles. The summed E-state index contributed by atoms with van der Waals surface area (Å²) >= 11 is 3.54. The summed E-state index contributed by atoms with van der Waals surface area (Å²) in [7, 11) is 0. The molecule has 0 aliphatic carbocycles. The Morgan fingerprint density at radius 2 is 2.12 bits per heavy atom. The van der Waals surface area contributed by atoms with Gasteiger partial charge in [0.05, 0.1) is 5.52 Å². The summed E-state index contributed by atoms with van der Waals surface area (Å²) in [5, 5.41) is 4.66. The van der Waals surface area contributed by atoms with E-state index in [0.717, 1.165) is 23.0 Å². The van der Waals surface area contributed by atoms with Crippen molar-refractivity contribution in [3.05, 3.63) is 34.4 Å². The van der Waals surface area contributed by atoms with Crippen LogP contribution in [0.3, 0.4) is 0 Å². The lowest BCUT2D eigenvalue weighted by Gasteiger charge is -2.11. The Morgan fingerprint density at radius 1 is 1.31 bits per heavy atom. The van der Waals surface area contributed by atoms with E-state index in [2.05, 4.69) is 46.1 Å². The number of aryl methyl sites for hydroxylation is 1. The number of anilines is 1. The van der Waals surface area contributed by atoms with Crippen LogP contribution in [0.5, 0.6) is 0 Å². The van der Waals surface area contributed by atoms with E-state index in [1.54, 1.807) is 0 Å². The highest BCUT2D eigenvalue weighted by Crippen LogP contribution is 2.30. The first-order chi connectivity index (χ1) is 7.74. The van der Waals surface area contributed by atoms with Gasteiger partial charge in [-0.1, -0.05) is 13.0 Å².